The monoisotopic (exact) mass is 898 g/mol. The van der Waals surface area contributed by atoms with E-state index in [1.807, 2.05) is 0 Å². The Balaban J connectivity index is 0.917. The highest BCUT2D eigenvalue weighted by Gasteiger charge is 2.18. The fourth-order valence-electron chi connectivity index (χ4n) is 10.7. The average molecular weight is 899 g/mol. The Hall–Kier alpha value is -8.46. The molecule has 0 saturated carbocycles. The van der Waals surface area contributed by atoms with Crippen LogP contribution in [0.15, 0.2) is 243 Å². The van der Waals surface area contributed by atoms with Crippen LogP contribution < -0.4 is 9.80 Å². The van der Waals surface area contributed by atoms with Crippen LogP contribution >= 0.6 is 0 Å². The van der Waals surface area contributed by atoms with Gasteiger partial charge in [0.05, 0.1) is 0 Å². The molecule has 0 aliphatic rings. The van der Waals surface area contributed by atoms with Crippen LogP contribution in [0.1, 0.15) is 50.7 Å². The van der Waals surface area contributed by atoms with Gasteiger partial charge in [0.2, 0.25) is 0 Å². The second-order valence-electron chi connectivity index (χ2n) is 18.7. The van der Waals surface area contributed by atoms with Gasteiger partial charge < -0.3 is 9.80 Å². The van der Waals surface area contributed by atoms with Crippen LogP contribution in [0.4, 0.5) is 34.1 Å². The van der Waals surface area contributed by atoms with Crippen molar-refractivity contribution in [2.45, 2.75) is 39.5 Å². The molecule has 70 heavy (non-hydrogen) atoms. The second kappa shape index (κ2) is 18.6. The van der Waals surface area contributed by atoms with Crippen molar-refractivity contribution in [3.8, 4) is 0 Å². The Labute approximate surface area is 411 Å². The summed E-state index contributed by atoms with van der Waals surface area (Å²) in [4.78, 5) is 4.81. The molecular weight excluding hydrogens is 845 g/mol. The Bertz CT molecular complexity index is 3540. The summed E-state index contributed by atoms with van der Waals surface area (Å²) < 4.78 is 0. The highest BCUT2D eigenvalue weighted by atomic mass is 15.1. The highest BCUT2D eigenvalue weighted by Crippen LogP contribution is 2.43. The Kier molecular flexibility index (Phi) is 11.4. The largest absolute Gasteiger partial charge is 0.310 e. The van der Waals surface area contributed by atoms with Crippen molar-refractivity contribution in [2.24, 2.45) is 0 Å². The van der Waals surface area contributed by atoms with Gasteiger partial charge in [0, 0.05) is 34.1 Å². The SMILES string of the molecule is CCC/C(=C(/CCC)c1ccc2cc(N(c3ccc4ccccc4c3)c3ccc4ccccc4c3)ccc2c1)c1ccc2cc(N(c3ccc4ccccc4c3)c3ccc4ccccc4c3)ccc2c1. The van der Waals surface area contributed by atoms with Crippen LogP contribution in [0.25, 0.3) is 75.8 Å². The first-order valence-electron chi connectivity index (χ1n) is 24.9. The molecule has 0 spiro atoms. The van der Waals surface area contributed by atoms with E-state index in [0.29, 0.717) is 0 Å². The lowest BCUT2D eigenvalue weighted by Crippen LogP contribution is -2.10. The lowest BCUT2D eigenvalue weighted by molar-refractivity contribution is 0.945. The number of hydrogen-bond acceptors (Lipinski definition) is 2. The van der Waals surface area contributed by atoms with Gasteiger partial charge in [-0.05, 0) is 185 Å². The molecule has 0 amide bonds. The predicted octanol–water partition coefficient (Wildman–Crippen LogP) is 20.1. The number of hydrogen-bond donors (Lipinski definition) is 0. The third-order valence-corrected chi connectivity index (χ3v) is 14.2. The lowest BCUT2D eigenvalue weighted by Gasteiger charge is -2.27. The van der Waals surface area contributed by atoms with Gasteiger partial charge in [0.15, 0.2) is 0 Å². The van der Waals surface area contributed by atoms with Crippen molar-refractivity contribution >= 4 is 110 Å². The van der Waals surface area contributed by atoms with Crippen LogP contribution in [0.3, 0.4) is 0 Å². The fraction of sp³-hybridized carbons (Fsp3) is 0.0882. The Morgan fingerprint density at radius 3 is 0.729 bits per heavy atom. The van der Waals surface area contributed by atoms with Crippen molar-refractivity contribution in [1.82, 2.24) is 0 Å². The summed E-state index contributed by atoms with van der Waals surface area (Å²) in [7, 11) is 0. The minimum absolute atomic E-state index is 1.01. The molecule has 2 heteroatoms. The van der Waals surface area contributed by atoms with Crippen molar-refractivity contribution in [2.75, 3.05) is 9.80 Å². The van der Waals surface area contributed by atoms with Gasteiger partial charge in [-0.25, -0.2) is 0 Å². The van der Waals surface area contributed by atoms with E-state index in [4.69, 9.17) is 0 Å². The summed E-state index contributed by atoms with van der Waals surface area (Å²) in [5, 5.41) is 14.8. The molecule has 0 heterocycles. The zero-order valence-corrected chi connectivity index (χ0v) is 39.8. The maximum Gasteiger partial charge on any atom is 0.0468 e. The second-order valence-corrected chi connectivity index (χ2v) is 18.7. The molecule has 0 fully saturated rings. The number of benzene rings is 12. The van der Waals surface area contributed by atoms with Gasteiger partial charge in [0.25, 0.3) is 0 Å². The van der Waals surface area contributed by atoms with E-state index < -0.39 is 0 Å². The van der Waals surface area contributed by atoms with E-state index in [2.05, 4.69) is 266 Å². The molecule has 0 unspecified atom stereocenters. The molecule has 12 aromatic carbocycles. The molecule has 336 valence electrons. The van der Waals surface area contributed by atoms with E-state index in [-0.39, 0.29) is 0 Å². The fourth-order valence-corrected chi connectivity index (χ4v) is 10.7. The molecule has 0 radical (unpaired) electrons. The molecule has 0 N–H and O–H groups in total. The molecule has 0 saturated heterocycles. The van der Waals surface area contributed by atoms with E-state index in [0.717, 1.165) is 59.8 Å². The zero-order chi connectivity index (χ0) is 47.0. The van der Waals surface area contributed by atoms with Crippen LogP contribution in [-0.2, 0) is 0 Å². The van der Waals surface area contributed by atoms with Gasteiger partial charge in [-0.15, -0.1) is 0 Å². The number of fused-ring (bicyclic) bond motifs is 6. The van der Waals surface area contributed by atoms with Gasteiger partial charge in [0.1, 0.15) is 0 Å². The summed E-state index contributed by atoms with van der Waals surface area (Å²) >= 11 is 0. The molecule has 0 bridgehead atoms. The first-order valence-corrected chi connectivity index (χ1v) is 24.9. The van der Waals surface area contributed by atoms with Gasteiger partial charge in [-0.2, -0.15) is 0 Å². The van der Waals surface area contributed by atoms with E-state index in [9.17, 15) is 0 Å². The van der Waals surface area contributed by atoms with Crippen LogP contribution in [-0.4, -0.2) is 0 Å². The minimum Gasteiger partial charge on any atom is -0.310 e. The summed E-state index contributed by atoms with van der Waals surface area (Å²) in [6.45, 7) is 4.62. The smallest absolute Gasteiger partial charge is 0.0468 e. The Morgan fingerprint density at radius 2 is 0.457 bits per heavy atom. The lowest BCUT2D eigenvalue weighted by atomic mass is 9.87. The predicted molar refractivity (Wildman–Crippen MR) is 304 cm³/mol. The quantitative estimate of drug-likeness (QED) is 0.113. The summed E-state index contributed by atoms with van der Waals surface area (Å²) in [6, 6.07) is 89.9. The maximum atomic E-state index is 2.43. The standard InChI is InChI=1S/C68H54N2/c1-3-13-67(59-25-23-57-45-65(37-31-55(57)39-59)69(61-33-27-47-15-5-9-19-51(47)41-61)62-34-28-48-16-6-10-20-52(48)42-62)68(14-4-2)60-26-24-58-46-66(38-32-56(58)40-60)70(63-35-29-49-17-7-11-21-53(49)43-63)64-36-30-50-18-8-12-22-54(50)44-64/h5-12,15-46H,3-4,13-14H2,1-2H3/b68-67+. The summed E-state index contributed by atoms with van der Waals surface area (Å²) in [5.41, 5.74) is 12.3. The van der Waals surface area contributed by atoms with Crippen molar-refractivity contribution in [3.05, 3.63) is 254 Å². The van der Waals surface area contributed by atoms with Crippen LogP contribution in [0.5, 0.6) is 0 Å². The third-order valence-electron chi connectivity index (χ3n) is 14.2. The third kappa shape index (κ3) is 8.22. The topological polar surface area (TPSA) is 6.48 Å². The molecule has 0 aliphatic carbocycles. The molecule has 12 aromatic rings. The first kappa shape index (κ1) is 42.9. The molecule has 0 atom stereocenters. The van der Waals surface area contributed by atoms with Gasteiger partial charge in [-0.3, -0.25) is 0 Å². The van der Waals surface area contributed by atoms with Crippen molar-refractivity contribution in [1.29, 1.82) is 0 Å². The molecule has 12 rings (SSSR count). The van der Waals surface area contributed by atoms with E-state index in [1.54, 1.807) is 0 Å². The minimum atomic E-state index is 1.01. The number of rotatable bonds is 12. The van der Waals surface area contributed by atoms with E-state index >= 15 is 0 Å². The van der Waals surface area contributed by atoms with E-state index in [1.165, 1.54) is 86.9 Å². The van der Waals surface area contributed by atoms with Crippen LogP contribution in [0.2, 0.25) is 0 Å². The normalized spacial score (nSPS) is 12.0. The maximum absolute atomic E-state index is 2.43. The van der Waals surface area contributed by atoms with Gasteiger partial charge >= 0.3 is 0 Å². The van der Waals surface area contributed by atoms with Crippen molar-refractivity contribution in [3.63, 3.8) is 0 Å². The molecule has 0 aliphatic heterocycles. The van der Waals surface area contributed by atoms with Crippen molar-refractivity contribution < 1.29 is 0 Å². The summed E-state index contributed by atoms with van der Waals surface area (Å²) in [5.74, 6) is 0. The van der Waals surface area contributed by atoms with Gasteiger partial charge in [-0.1, -0.05) is 184 Å². The first-order chi connectivity index (χ1) is 34.6. The number of allylic oxidation sites excluding steroid dienone is 2. The highest BCUT2D eigenvalue weighted by molar-refractivity contribution is 6.01. The average Bonchev–Trinajstić information content (AvgIpc) is 3.41. The number of anilines is 6. The molecule has 0 aromatic heterocycles. The Morgan fingerprint density at radius 1 is 0.243 bits per heavy atom. The van der Waals surface area contributed by atoms with Crippen LogP contribution in [0, 0.1) is 0 Å². The number of nitrogens with zero attached hydrogens (tertiary/aromatic N) is 2. The molecule has 2 nitrogen and oxygen atoms in total. The summed E-state index contributed by atoms with van der Waals surface area (Å²) in [6.07, 6.45) is 4.17. The zero-order valence-electron chi connectivity index (χ0n) is 39.8. The molecular formula is C68H54N2.